The molecule has 0 bridgehead atoms. The van der Waals surface area contributed by atoms with Crippen molar-refractivity contribution in [2.75, 3.05) is 19.8 Å². The predicted octanol–water partition coefficient (Wildman–Crippen LogP) is 2.22. The summed E-state index contributed by atoms with van der Waals surface area (Å²) in [4.78, 5) is 0. The Balaban J connectivity index is 1.96. The first kappa shape index (κ1) is 12.4. The van der Waals surface area contributed by atoms with E-state index in [4.69, 9.17) is 9.47 Å². The van der Waals surface area contributed by atoms with Crippen LogP contribution in [0.15, 0.2) is 18.2 Å². The fourth-order valence-electron chi connectivity index (χ4n) is 2.13. The van der Waals surface area contributed by atoms with E-state index in [1.807, 2.05) is 26.0 Å². The molecular weight excluding hydrogens is 216 g/mol. The molecule has 0 aliphatic carbocycles. The minimum Gasteiger partial charge on any atom is -0.491 e. The second kappa shape index (κ2) is 5.07. The third-order valence-corrected chi connectivity index (χ3v) is 3.13. The molecule has 0 radical (unpaired) electrons. The van der Waals surface area contributed by atoms with E-state index in [1.54, 1.807) is 0 Å². The van der Waals surface area contributed by atoms with Gasteiger partial charge in [-0.25, -0.2) is 0 Å². The van der Waals surface area contributed by atoms with Gasteiger partial charge in [0.1, 0.15) is 18.0 Å². The Kier molecular flexibility index (Phi) is 3.69. The van der Waals surface area contributed by atoms with Crippen LogP contribution in [0.5, 0.6) is 5.75 Å². The molecule has 17 heavy (non-hydrogen) atoms. The van der Waals surface area contributed by atoms with Crippen LogP contribution in [0.2, 0.25) is 0 Å². The first-order chi connectivity index (χ1) is 8.07. The predicted molar refractivity (Wildman–Crippen MR) is 66.4 cm³/mol. The maximum Gasteiger partial charge on any atom is 0.119 e. The van der Waals surface area contributed by atoms with Gasteiger partial charge in [0.05, 0.1) is 0 Å². The summed E-state index contributed by atoms with van der Waals surface area (Å²) >= 11 is 0. The van der Waals surface area contributed by atoms with Crippen molar-refractivity contribution in [2.24, 2.45) is 0 Å². The molecule has 1 aliphatic rings. The molecule has 0 spiro atoms. The zero-order chi connectivity index (χ0) is 12.3. The third-order valence-electron chi connectivity index (χ3n) is 3.13. The highest BCUT2D eigenvalue weighted by molar-refractivity contribution is 5.33. The van der Waals surface area contributed by atoms with Crippen molar-refractivity contribution in [3.8, 4) is 5.75 Å². The summed E-state index contributed by atoms with van der Waals surface area (Å²) < 4.78 is 10.9. The molecule has 0 aromatic heterocycles. The quantitative estimate of drug-likeness (QED) is 0.874. The summed E-state index contributed by atoms with van der Waals surface area (Å²) in [6.45, 7) is 5.67. The lowest BCUT2D eigenvalue weighted by atomic mass is 9.96. The lowest BCUT2D eigenvalue weighted by Gasteiger charge is -2.31. The van der Waals surface area contributed by atoms with E-state index in [0.29, 0.717) is 32.7 Å². The molecule has 1 saturated heterocycles. The van der Waals surface area contributed by atoms with Crippen molar-refractivity contribution in [3.63, 3.8) is 0 Å². The van der Waals surface area contributed by atoms with Gasteiger partial charge in [-0.2, -0.15) is 0 Å². The summed E-state index contributed by atoms with van der Waals surface area (Å²) in [6.07, 6.45) is 1.30. The van der Waals surface area contributed by atoms with E-state index in [-0.39, 0.29) is 0 Å². The summed E-state index contributed by atoms with van der Waals surface area (Å²) in [7, 11) is 0. The molecular formula is C14H20O3. The zero-order valence-corrected chi connectivity index (χ0v) is 10.5. The van der Waals surface area contributed by atoms with Crippen LogP contribution in [-0.4, -0.2) is 30.5 Å². The Hall–Kier alpha value is -1.06. The highest BCUT2D eigenvalue weighted by Gasteiger charge is 2.30. The van der Waals surface area contributed by atoms with Gasteiger partial charge in [0.2, 0.25) is 0 Å². The second-order valence-corrected chi connectivity index (χ2v) is 4.95. The SMILES string of the molecule is Cc1cc(C)cc(OCC2(O)CCOCC2)c1. The number of aryl methyl sites for hydroxylation is 2. The highest BCUT2D eigenvalue weighted by Crippen LogP contribution is 2.23. The van der Waals surface area contributed by atoms with Gasteiger partial charge < -0.3 is 14.6 Å². The van der Waals surface area contributed by atoms with Crippen LogP contribution in [-0.2, 0) is 4.74 Å². The smallest absolute Gasteiger partial charge is 0.119 e. The topological polar surface area (TPSA) is 38.7 Å². The fraction of sp³-hybridized carbons (Fsp3) is 0.571. The number of hydrogen-bond donors (Lipinski definition) is 1. The van der Waals surface area contributed by atoms with Crippen molar-refractivity contribution in [1.82, 2.24) is 0 Å². The van der Waals surface area contributed by atoms with Crippen LogP contribution in [0, 0.1) is 13.8 Å². The molecule has 1 aliphatic heterocycles. The van der Waals surface area contributed by atoms with E-state index in [1.165, 1.54) is 11.1 Å². The average molecular weight is 236 g/mol. The number of aliphatic hydroxyl groups is 1. The Morgan fingerprint density at radius 2 is 1.76 bits per heavy atom. The molecule has 0 saturated carbocycles. The average Bonchev–Trinajstić information content (AvgIpc) is 2.26. The molecule has 0 atom stereocenters. The monoisotopic (exact) mass is 236 g/mol. The lowest BCUT2D eigenvalue weighted by Crippen LogP contribution is -2.41. The van der Waals surface area contributed by atoms with Gasteiger partial charge in [-0.15, -0.1) is 0 Å². The van der Waals surface area contributed by atoms with Crippen LogP contribution >= 0.6 is 0 Å². The maximum absolute atomic E-state index is 10.3. The van der Waals surface area contributed by atoms with Crippen LogP contribution in [0.3, 0.4) is 0 Å². The molecule has 1 N–H and O–H groups in total. The second-order valence-electron chi connectivity index (χ2n) is 4.95. The Morgan fingerprint density at radius 3 is 2.35 bits per heavy atom. The Morgan fingerprint density at radius 1 is 1.18 bits per heavy atom. The van der Waals surface area contributed by atoms with Gasteiger partial charge in [-0.05, 0) is 37.1 Å². The summed E-state index contributed by atoms with van der Waals surface area (Å²) in [5.74, 6) is 0.836. The summed E-state index contributed by atoms with van der Waals surface area (Å²) in [6, 6.07) is 6.10. The molecule has 3 heteroatoms. The first-order valence-electron chi connectivity index (χ1n) is 6.09. The van der Waals surface area contributed by atoms with Gasteiger partial charge in [0.15, 0.2) is 0 Å². The molecule has 1 fully saturated rings. The van der Waals surface area contributed by atoms with E-state index >= 15 is 0 Å². The fourth-order valence-corrected chi connectivity index (χ4v) is 2.13. The van der Waals surface area contributed by atoms with E-state index < -0.39 is 5.60 Å². The Labute approximate surface area is 102 Å². The van der Waals surface area contributed by atoms with Gasteiger partial charge in [-0.3, -0.25) is 0 Å². The number of rotatable bonds is 3. The number of hydrogen-bond acceptors (Lipinski definition) is 3. The highest BCUT2D eigenvalue weighted by atomic mass is 16.5. The minimum atomic E-state index is -0.726. The van der Waals surface area contributed by atoms with Crippen LogP contribution in [0.25, 0.3) is 0 Å². The van der Waals surface area contributed by atoms with E-state index in [2.05, 4.69) is 6.07 Å². The molecule has 2 rings (SSSR count). The van der Waals surface area contributed by atoms with Gasteiger partial charge in [-0.1, -0.05) is 6.07 Å². The van der Waals surface area contributed by atoms with Gasteiger partial charge in [0, 0.05) is 26.1 Å². The van der Waals surface area contributed by atoms with Crippen molar-refractivity contribution in [3.05, 3.63) is 29.3 Å². The lowest BCUT2D eigenvalue weighted by molar-refractivity contribution is -0.0855. The standard InChI is InChI=1S/C14H20O3/c1-11-7-12(2)9-13(8-11)17-10-14(15)3-5-16-6-4-14/h7-9,15H,3-6,10H2,1-2H3. The van der Waals surface area contributed by atoms with Gasteiger partial charge in [0.25, 0.3) is 0 Å². The molecule has 1 aromatic carbocycles. The number of ether oxygens (including phenoxy) is 2. The molecule has 3 nitrogen and oxygen atoms in total. The van der Waals surface area contributed by atoms with Crippen LogP contribution in [0.4, 0.5) is 0 Å². The normalized spacial score (nSPS) is 19.0. The third kappa shape index (κ3) is 3.45. The van der Waals surface area contributed by atoms with Crippen LogP contribution in [0.1, 0.15) is 24.0 Å². The molecule has 1 aromatic rings. The number of benzene rings is 1. The van der Waals surface area contributed by atoms with Crippen molar-refractivity contribution in [2.45, 2.75) is 32.3 Å². The molecule has 0 unspecified atom stereocenters. The van der Waals surface area contributed by atoms with E-state index in [9.17, 15) is 5.11 Å². The van der Waals surface area contributed by atoms with Crippen LogP contribution < -0.4 is 4.74 Å². The Bertz CT molecular complexity index is 361. The van der Waals surface area contributed by atoms with E-state index in [0.717, 1.165) is 5.75 Å². The molecule has 94 valence electrons. The van der Waals surface area contributed by atoms with Crippen molar-refractivity contribution >= 4 is 0 Å². The minimum absolute atomic E-state index is 0.346. The summed E-state index contributed by atoms with van der Waals surface area (Å²) in [5.41, 5.74) is 1.63. The van der Waals surface area contributed by atoms with Crippen molar-refractivity contribution in [1.29, 1.82) is 0 Å². The summed E-state index contributed by atoms with van der Waals surface area (Å²) in [5, 5.41) is 10.3. The molecule has 1 heterocycles. The maximum atomic E-state index is 10.3. The van der Waals surface area contributed by atoms with Crippen molar-refractivity contribution < 1.29 is 14.6 Å². The first-order valence-corrected chi connectivity index (χ1v) is 6.09. The largest absolute Gasteiger partial charge is 0.491 e. The zero-order valence-electron chi connectivity index (χ0n) is 10.5. The molecule has 0 amide bonds. The van der Waals surface area contributed by atoms with Gasteiger partial charge >= 0.3 is 0 Å².